The van der Waals surface area contributed by atoms with Crippen LogP contribution in [0.4, 0.5) is 4.39 Å². The van der Waals surface area contributed by atoms with Gasteiger partial charge in [0.05, 0.1) is 6.20 Å². The number of rotatable bonds is 2. The van der Waals surface area contributed by atoms with Gasteiger partial charge in [-0.25, -0.2) is 9.18 Å². The molecule has 0 amide bonds. The van der Waals surface area contributed by atoms with Gasteiger partial charge >= 0.3 is 5.97 Å². The number of benzene rings is 1. The van der Waals surface area contributed by atoms with E-state index in [2.05, 4.69) is 11.7 Å². The van der Waals surface area contributed by atoms with E-state index in [-0.39, 0.29) is 5.82 Å². The predicted molar refractivity (Wildman–Crippen MR) is 75.8 cm³/mol. The van der Waals surface area contributed by atoms with Gasteiger partial charge in [-0.2, -0.15) is 5.10 Å². The molecule has 1 fully saturated rings. The lowest BCUT2D eigenvalue weighted by Crippen LogP contribution is -2.22. The SMILES string of the molecule is C=C1C[C@](C)(c2ccc(F)cc2-c2cnn(C)c2)OC1=O. The highest BCUT2D eigenvalue weighted by Gasteiger charge is 2.41. The Kier molecular flexibility index (Phi) is 2.93. The molecular formula is C16H15FN2O2. The fraction of sp³-hybridized carbons (Fsp3) is 0.250. The van der Waals surface area contributed by atoms with Crippen LogP contribution in [-0.4, -0.2) is 15.7 Å². The van der Waals surface area contributed by atoms with Crippen molar-refractivity contribution >= 4 is 5.97 Å². The molecule has 3 rings (SSSR count). The van der Waals surface area contributed by atoms with Crippen LogP contribution >= 0.6 is 0 Å². The van der Waals surface area contributed by atoms with Gasteiger partial charge in [0.1, 0.15) is 11.4 Å². The number of esters is 1. The maximum Gasteiger partial charge on any atom is 0.334 e. The molecule has 4 nitrogen and oxygen atoms in total. The Morgan fingerprint density at radius 2 is 2.24 bits per heavy atom. The van der Waals surface area contributed by atoms with E-state index in [1.807, 2.05) is 6.92 Å². The van der Waals surface area contributed by atoms with E-state index in [9.17, 15) is 9.18 Å². The smallest absolute Gasteiger partial charge is 0.334 e. The number of hydrogen-bond acceptors (Lipinski definition) is 3. The zero-order valence-corrected chi connectivity index (χ0v) is 11.9. The zero-order chi connectivity index (χ0) is 15.2. The summed E-state index contributed by atoms with van der Waals surface area (Å²) in [6.45, 7) is 5.53. The van der Waals surface area contributed by atoms with Gasteiger partial charge in [0.2, 0.25) is 0 Å². The van der Waals surface area contributed by atoms with Crippen molar-refractivity contribution in [2.45, 2.75) is 18.9 Å². The highest BCUT2D eigenvalue weighted by Crippen LogP contribution is 2.42. The Morgan fingerprint density at radius 1 is 1.48 bits per heavy atom. The lowest BCUT2D eigenvalue weighted by atomic mass is 9.86. The first-order valence-electron chi connectivity index (χ1n) is 6.59. The fourth-order valence-corrected chi connectivity index (χ4v) is 2.72. The van der Waals surface area contributed by atoms with Crippen LogP contribution in [0, 0.1) is 5.82 Å². The molecule has 1 saturated heterocycles. The number of ether oxygens (including phenoxy) is 1. The van der Waals surface area contributed by atoms with Crippen LogP contribution in [0.25, 0.3) is 11.1 Å². The third-order valence-electron chi connectivity index (χ3n) is 3.72. The minimum atomic E-state index is -0.826. The average molecular weight is 286 g/mol. The van der Waals surface area contributed by atoms with Crippen molar-refractivity contribution in [3.05, 3.63) is 54.1 Å². The van der Waals surface area contributed by atoms with Crippen LogP contribution in [0.3, 0.4) is 0 Å². The molecule has 1 atom stereocenters. The molecule has 0 saturated carbocycles. The van der Waals surface area contributed by atoms with E-state index in [1.54, 1.807) is 30.2 Å². The third kappa shape index (κ3) is 2.24. The Labute approximate surface area is 121 Å². The molecule has 1 aromatic carbocycles. The summed E-state index contributed by atoms with van der Waals surface area (Å²) in [7, 11) is 1.79. The average Bonchev–Trinajstić information content (AvgIpc) is 2.94. The van der Waals surface area contributed by atoms with E-state index < -0.39 is 11.6 Å². The van der Waals surface area contributed by atoms with Gasteiger partial charge in [-0.3, -0.25) is 4.68 Å². The summed E-state index contributed by atoms with van der Waals surface area (Å²) in [6.07, 6.45) is 3.85. The number of halogens is 1. The van der Waals surface area contributed by atoms with E-state index in [0.717, 1.165) is 11.1 Å². The van der Waals surface area contributed by atoms with Crippen LogP contribution in [0.15, 0.2) is 42.7 Å². The van der Waals surface area contributed by atoms with E-state index in [1.165, 1.54) is 12.1 Å². The summed E-state index contributed by atoms with van der Waals surface area (Å²) in [4.78, 5) is 11.7. The normalized spacial score (nSPS) is 21.7. The molecule has 2 heterocycles. The number of hydrogen-bond donors (Lipinski definition) is 0. The van der Waals surface area contributed by atoms with Crippen LogP contribution in [0.5, 0.6) is 0 Å². The summed E-state index contributed by atoms with van der Waals surface area (Å²) >= 11 is 0. The number of nitrogens with zero attached hydrogens (tertiary/aromatic N) is 2. The summed E-state index contributed by atoms with van der Waals surface area (Å²) < 4.78 is 20.8. The fourth-order valence-electron chi connectivity index (χ4n) is 2.72. The molecule has 2 aromatic rings. The minimum Gasteiger partial charge on any atom is -0.451 e. The summed E-state index contributed by atoms with van der Waals surface area (Å²) in [5.74, 6) is -0.747. The summed E-state index contributed by atoms with van der Waals surface area (Å²) in [5, 5.41) is 4.11. The molecule has 0 N–H and O–H groups in total. The first kappa shape index (κ1) is 13.5. The lowest BCUT2D eigenvalue weighted by molar-refractivity contribution is -0.145. The van der Waals surface area contributed by atoms with Crippen molar-refractivity contribution in [3.63, 3.8) is 0 Å². The van der Waals surface area contributed by atoms with E-state index in [4.69, 9.17) is 4.74 Å². The van der Waals surface area contributed by atoms with Gasteiger partial charge in [0.15, 0.2) is 0 Å². The largest absolute Gasteiger partial charge is 0.451 e. The molecule has 0 unspecified atom stereocenters. The van der Waals surface area contributed by atoms with Crippen molar-refractivity contribution in [2.24, 2.45) is 7.05 Å². The van der Waals surface area contributed by atoms with E-state index >= 15 is 0 Å². The first-order chi connectivity index (χ1) is 9.89. The summed E-state index contributed by atoms with van der Waals surface area (Å²) in [5.41, 5.74) is 1.81. The van der Waals surface area contributed by atoms with Crippen LogP contribution in [0.1, 0.15) is 18.9 Å². The topological polar surface area (TPSA) is 44.1 Å². The molecule has 0 bridgehead atoms. The van der Waals surface area contributed by atoms with Gasteiger partial charge in [0, 0.05) is 36.4 Å². The molecule has 108 valence electrons. The van der Waals surface area contributed by atoms with Gasteiger partial charge in [0.25, 0.3) is 0 Å². The molecule has 0 radical (unpaired) electrons. The number of cyclic esters (lactones) is 1. The molecule has 0 spiro atoms. The molecule has 0 aliphatic carbocycles. The minimum absolute atomic E-state index is 0.343. The van der Waals surface area contributed by atoms with Crippen molar-refractivity contribution < 1.29 is 13.9 Å². The molecule has 1 aliphatic heterocycles. The van der Waals surface area contributed by atoms with Gasteiger partial charge < -0.3 is 4.74 Å². The highest BCUT2D eigenvalue weighted by molar-refractivity contribution is 5.91. The molecule has 5 heteroatoms. The van der Waals surface area contributed by atoms with Gasteiger partial charge in [-0.15, -0.1) is 0 Å². The molecule has 1 aliphatic rings. The van der Waals surface area contributed by atoms with Crippen LogP contribution in [-0.2, 0) is 22.2 Å². The quantitative estimate of drug-likeness (QED) is 0.630. The first-order valence-corrected chi connectivity index (χ1v) is 6.59. The third-order valence-corrected chi connectivity index (χ3v) is 3.72. The highest BCUT2D eigenvalue weighted by atomic mass is 19.1. The number of carbonyl (C=O) groups excluding carboxylic acids is 1. The second kappa shape index (κ2) is 4.55. The standard InChI is InChI=1S/C16H15FN2O2/c1-10-7-16(2,21-15(10)20)14-5-4-12(17)6-13(14)11-8-18-19(3)9-11/h4-6,8-9H,1,7H2,2-3H3/t16-/m1/s1. The molecule has 21 heavy (non-hydrogen) atoms. The van der Waals surface area contributed by atoms with E-state index in [0.29, 0.717) is 17.6 Å². The zero-order valence-electron chi connectivity index (χ0n) is 11.9. The maximum absolute atomic E-state index is 13.7. The maximum atomic E-state index is 13.7. The summed E-state index contributed by atoms with van der Waals surface area (Å²) in [6, 6.07) is 4.46. The second-order valence-corrected chi connectivity index (χ2v) is 5.49. The van der Waals surface area contributed by atoms with Gasteiger partial charge in [-0.05, 0) is 24.6 Å². The van der Waals surface area contributed by atoms with Gasteiger partial charge in [-0.1, -0.05) is 12.6 Å². The Hall–Kier alpha value is -2.43. The lowest BCUT2D eigenvalue weighted by Gasteiger charge is -2.25. The monoisotopic (exact) mass is 286 g/mol. The number of carbonyl (C=O) groups is 1. The predicted octanol–water partition coefficient (Wildman–Crippen LogP) is 2.94. The Morgan fingerprint density at radius 3 is 2.81 bits per heavy atom. The molecular weight excluding hydrogens is 271 g/mol. The molecule has 1 aromatic heterocycles. The Bertz CT molecular complexity index is 732. The number of aromatic nitrogens is 2. The van der Waals surface area contributed by atoms with Crippen molar-refractivity contribution in [3.8, 4) is 11.1 Å². The second-order valence-electron chi connectivity index (χ2n) is 5.49. The van der Waals surface area contributed by atoms with Crippen molar-refractivity contribution in [1.82, 2.24) is 9.78 Å². The number of aryl methyl sites for hydroxylation is 1. The van der Waals surface area contributed by atoms with Crippen molar-refractivity contribution in [1.29, 1.82) is 0 Å². The van der Waals surface area contributed by atoms with Crippen LogP contribution < -0.4 is 0 Å². The van der Waals surface area contributed by atoms with Crippen molar-refractivity contribution in [2.75, 3.05) is 0 Å². The Balaban J connectivity index is 2.15. The van der Waals surface area contributed by atoms with Crippen LogP contribution in [0.2, 0.25) is 0 Å².